The Morgan fingerprint density at radius 2 is 1.87 bits per heavy atom. The van der Waals surface area contributed by atoms with E-state index >= 15 is 0 Å². The first-order valence-electron chi connectivity index (χ1n) is 9.56. The molecule has 0 bridgehead atoms. The summed E-state index contributed by atoms with van der Waals surface area (Å²) in [7, 11) is 0. The first kappa shape index (κ1) is 17.0. The van der Waals surface area contributed by atoms with Gasteiger partial charge in [-0.05, 0) is 55.4 Å². The fraction of sp³-hybridized carbons (Fsp3) is 0.800. The summed E-state index contributed by atoms with van der Waals surface area (Å²) >= 11 is 0. The Hall–Kier alpha value is -0.860. The molecule has 0 aliphatic heterocycles. The van der Waals surface area contributed by atoms with Gasteiger partial charge in [0.2, 0.25) is 0 Å². The van der Waals surface area contributed by atoms with Gasteiger partial charge < -0.3 is 4.42 Å². The summed E-state index contributed by atoms with van der Waals surface area (Å²) in [6.45, 7) is 2.27. The molecule has 1 atom stereocenters. The smallest absolute Gasteiger partial charge is 0.295 e. The van der Waals surface area contributed by atoms with E-state index in [0.29, 0.717) is 5.92 Å². The van der Waals surface area contributed by atoms with E-state index in [0.717, 1.165) is 42.2 Å². The van der Waals surface area contributed by atoms with Crippen LogP contribution in [0.25, 0.3) is 0 Å². The van der Waals surface area contributed by atoms with Gasteiger partial charge in [-0.25, -0.2) is 8.78 Å². The van der Waals surface area contributed by atoms with E-state index in [1.807, 2.05) is 0 Å². The highest BCUT2D eigenvalue weighted by atomic mass is 19.3. The highest BCUT2D eigenvalue weighted by molar-refractivity contribution is 5.31. The minimum atomic E-state index is -2.46. The third-order valence-electron chi connectivity index (χ3n) is 6.23. The maximum atomic E-state index is 12.9. The number of fused-ring (bicyclic) bond motifs is 1. The Morgan fingerprint density at radius 3 is 2.57 bits per heavy atom. The average molecular weight is 324 g/mol. The van der Waals surface area contributed by atoms with Crippen LogP contribution in [0.5, 0.6) is 0 Å². The molecule has 1 saturated carbocycles. The van der Waals surface area contributed by atoms with Gasteiger partial charge in [0.15, 0.2) is 5.76 Å². The van der Waals surface area contributed by atoms with Crippen LogP contribution in [-0.2, 0) is 12.8 Å². The van der Waals surface area contributed by atoms with Gasteiger partial charge in [-0.3, -0.25) is 0 Å². The number of rotatable bonds is 6. The molecule has 1 heterocycles. The minimum absolute atomic E-state index is 0.0712. The zero-order valence-corrected chi connectivity index (χ0v) is 14.3. The lowest BCUT2D eigenvalue weighted by molar-refractivity contribution is 0.120. The lowest BCUT2D eigenvalue weighted by Crippen LogP contribution is -2.26. The Kier molecular flexibility index (Phi) is 5.76. The molecule has 130 valence electrons. The van der Waals surface area contributed by atoms with Crippen LogP contribution in [0.15, 0.2) is 10.7 Å². The maximum absolute atomic E-state index is 12.9. The third-order valence-corrected chi connectivity index (χ3v) is 6.23. The summed E-state index contributed by atoms with van der Waals surface area (Å²) in [5.41, 5.74) is 1.87. The van der Waals surface area contributed by atoms with Gasteiger partial charge >= 0.3 is 0 Å². The van der Waals surface area contributed by atoms with Crippen LogP contribution in [0, 0.1) is 17.8 Å². The summed E-state index contributed by atoms with van der Waals surface area (Å²) < 4.78 is 31.0. The van der Waals surface area contributed by atoms with E-state index in [1.54, 1.807) is 6.26 Å². The number of unbranched alkanes of at least 4 members (excludes halogenated alkanes) is 2. The number of halogens is 2. The molecule has 23 heavy (non-hydrogen) atoms. The minimum Gasteiger partial charge on any atom is -0.463 e. The van der Waals surface area contributed by atoms with Crippen LogP contribution < -0.4 is 0 Å². The van der Waals surface area contributed by atoms with Crippen molar-refractivity contribution in [2.75, 3.05) is 0 Å². The average Bonchev–Trinajstić information content (AvgIpc) is 2.99. The van der Waals surface area contributed by atoms with Gasteiger partial charge in [-0.2, -0.15) is 0 Å². The lowest BCUT2D eigenvalue weighted by atomic mass is 9.69. The van der Waals surface area contributed by atoms with E-state index in [2.05, 4.69) is 6.92 Å². The van der Waals surface area contributed by atoms with E-state index in [1.165, 1.54) is 51.4 Å². The molecule has 1 aromatic heterocycles. The van der Waals surface area contributed by atoms with Crippen molar-refractivity contribution >= 4 is 0 Å². The first-order chi connectivity index (χ1) is 11.2. The fourth-order valence-corrected chi connectivity index (χ4v) is 4.82. The summed E-state index contributed by atoms with van der Waals surface area (Å²) in [6, 6.07) is 0. The van der Waals surface area contributed by atoms with Gasteiger partial charge in [0.25, 0.3) is 6.43 Å². The zero-order chi connectivity index (χ0) is 16.2. The normalized spacial score (nSPS) is 28.1. The van der Waals surface area contributed by atoms with Gasteiger partial charge in [0.05, 0.1) is 6.26 Å². The largest absolute Gasteiger partial charge is 0.463 e. The number of alkyl halides is 2. The molecule has 2 aliphatic rings. The van der Waals surface area contributed by atoms with Gasteiger partial charge in [-0.1, -0.05) is 45.4 Å². The predicted octanol–water partition coefficient (Wildman–Crippen LogP) is 6.71. The standard InChI is InChI=1S/C20H30F2O/c1-2-3-4-5-14-6-8-15(9-7-14)16-10-11-18-17(12-16)13-23-19(18)20(21)22/h13-16,20H,2-12H2,1H3. The first-order valence-corrected chi connectivity index (χ1v) is 9.56. The number of hydrogen-bond acceptors (Lipinski definition) is 1. The molecule has 0 N–H and O–H groups in total. The van der Waals surface area contributed by atoms with Gasteiger partial charge in [0, 0.05) is 5.56 Å². The van der Waals surface area contributed by atoms with Crippen molar-refractivity contribution < 1.29 is 13.2 Å². The molecular formula is C20H30F2O. The molecule has 1 unspecified atom stereocenters. The summed E-state index contributed by atoms with van der Waals surface area (Å²) in [5.74, 6) is 2.35. The van der Waals surface area contributed by atoms with Crippen LogP contribution in [0.4, 0.5) is 8.78 Å². The third kappa shape index (κ3) is 3.97. The highest BCUT2D eigenvalue weighted by Crippen LogP contribution is 2.42. The second-order valence-electron chi connectivity index (χ2n) is 7.68. The lowest BCUT2D eigenvalue weighted by Gasteiger charge is -2.36. The van der Waals surface area contributed by atoms with E-state index in [-0.39, 0.29) is 5.76 Å². The van der Waals surface area contributed by atoms with E-state index in [4.69, 9.17) is 4.42 Å². The summed E-state index contributed by atoms with van der Waals surface area (Å²) in [4.78, 5) is 0. The Bertz CT molecular complexity index is 486. The van der Waals surface area contributed by atoms with E-state index in [9.17, 15) is 8.78 Å². The van der Waals surface area contributed by atoms with Crippen LogP contribution in [0.2, 0.25) is 0 Å². The molecule has 3 heteroatoms. The molecule has 1 nitrogen and oxygen atoms in total. The SMILES string of the molecule is CCCCCC1CCC(C2CCc3c(coc3C(F)F)C2)CC1. The van der Waals surface area contributed by atoms with Crippen molar-refractivity contribution in [1.82, 2.24) is 0 Å². The Balaban J connectivity index is 1.50. The Morgan fingerprint density at radius 1 is 1.09 bits per heavy atom. The molecule has 0 aromatic carbocycles. The molecule has 2 aliphatic carbocycles. The fourth-order valence-electron chi connectivity index (χ4n) is 4.82. The van der Waals surface area contributed by atoms with Crippen molar-refractivity contribution in [2.45, 2.75) is 84.0 Å². The highest BCUT2D eigenvalue weighted by Gasteiger charge is 2.33. The molecule has 3 rings (SSSR count). The number of furan rings is 1. The van der Waals surface area contributed by atoms with Crippen molar-refractivity contribution in [2.24, 2.45) is 17.8 Å². The second-order valence-corrected chi connectivity index (χ2v) is 7.68. The summed E-state index contributed by atoms with van der Waals surface area (Å²) in [5, 5.41) is 0. The van der Waals surface area contributed by atoms with Crippen molar-refractivity contribution in [1.29, 1.82) is 0 Å². The Labute approximate surface area is 138 Å². The summed E-state index contributed by atoms with van der Waals surface area (Å²) in [6.07, 6.45) is 12.9. The van der Waals surface area contributed by atoms with Crippen LogP contribution >= 0.6 is 0 Å². The quantitative estimate of drug-likeness (QED) is 0.530. The molecule has 1 fully saturated rings. The molecule has 0 radical (unpaired) electrons. The molecular weight excluding hydrogens is 294 g/mol. The second kappa shape index (κ2) is 7.81. The van der Waals surface area contributed by atoms with E-state index < -0.39 is 6.43 Å². The van der Waals surface area contributed by atoms with Crippen molar-refractivity contribution in [3.8, 4) is 0 Å². The van der Waals surface area contributed by atoms with Gasteiger partial charge in [-0.15, -0.1) is 0 Å². The predicted molar refractivity (Wildman–Crippen MR) is 88.8 cm³/mol. The number of hydrogen-bond donors (Lipinski definition) is 0. The molecule has 1 aromatic rings. The monoisotopic (exact) mass is 324 g/mol. The topological polar surface area (TPSA) is 13.1 Å². The van der Waals surface area contributed by atoms with Crippen molar-refractivity contribution in [3.63, 3.8) is 0 Å². The van der Waals surface area contributed by atoms with Crippen LogP contribution in [0.3, 0.4) is 0 Å². The maximum Gasteiger partial charge on any atom is 0.295 e. The molecule has 0 spiro atoms. The molecule has 0 amide bonds. The van der Waals surface area contributed by atoms with Crippen LogP contribution in [0.1, 0.15) is 88.0 Å². The molecule has 0 saturated heterocycles. The zero-order valence-electron chi connectivity index (χ0n) is 14.3. The van der Waals surface area contributed by atoms with Crippen LogP contribution in [-0.4, -0.2) is 0 Å². The van der Waals surface area contributed by atoms with Gasteiger partial charge in [0.1, 0.15) is 0 Å². The van der Waals surface area contributed by atoms with Crippen molar-refractivity contribution in [3.05, 3.63) is 23.2 Å².